The molecule has 0 amide bonds. The summed E-state index contributed by atoms with van der Waals surface area (Å²) in [5.74, 6) is 0.583. The maximum Gasteiger partial charge on any atom is 0.314 e. The fourth-order valence-electron chi connectivity index (χ4n) is 5.42. The maximum atomic E-state index is 12.9. The van der Waals surface area contributed by atoms with Gasteiger partial charge in [0.2, 0.25) is 0 Å². The van der Waals surface area contributed by atoms with Gasteiger partial charge in [0.05, 0.1) is 20.6 Å². The van der Waals surface area contributed by atoms with E-state index in [1.807, 2.05) is 25.1 Å². The molecule has 0 bridgehead atoms. The summed E-state index contributed by atoms with van der Waals surface area (Å²) in [5.41, 5.74) is 2.65. The molecule has 40 heavy (non-hydrogen) atoms. The van der Waals surface area contributed by atoms with Gasteiger partial charge in [-0.05, 0) is 43.9 Å². The van der Waals surface area contributed by atoms with Crippen LogP contribution in [0.4, 0.5) is 0 Å². The Morgan fingerprint density at radius 2 is 1.32 bits per heavy atom. The van der Waals surface area contributed by atoms with Crippen molar-refractivity contribution in [3.8, 4) is 5.75 Å². The summed E-state index contributed by atoms with van der Waals surface area (Å²) in [5, 5.41) is 0. The van der Waals surface area contributed by atoms with Crippen LogP contribution in [0.15, 0.2) is 54.6 Å². The van der Waals surface area contributed by atoms with E-state index in [0.717, 1.165) is 36.2 Å². The van der Waals surface area contributed by atoms with Gasteiger partial charge in [0.15, 0.2) is 0 Å². The molecule has 2 aromatic rings. The van der Waals surface area contributed by atoms with Gasteiger partial charge in [-0.2, -0.15) is 0 Å². The third kappa shape index (κ3) is 14.9. The van der Waals surface area contributed by atoms with Gasteiger partial charge in [0, 0.05) is 5.56 Å². The molecule has 2 atom stereocenters. The van der Waals surface area contributed by atoms with E-state index in [9.17, 15) is 4.79 Å². The first-order valence-corrected chi connectivity index (χ1v) is 16.1. The highest BCUT2D eigenvalue weighted by Crippen LogP contribution is 2.19. The number of unbranched alkanes of at least 4 members (excludes halogenated alkanes) is 10. The van der Waals surface area contributed by atoms with E-state index in [1.54, 1.807) is 0 Å². The van der Waals surface area contributed by atoms with Crippen molar-refractivity contribution in [3.63, 3.8) is 0 Å². The molecule has 0 N–H and O–H groups in total. The second-order valence-electron chi connectivity index (χ2n) is 12.4. The highest BCUT2D eigenvalue weighted by atomic mass is 16.6. The summed E-state index contributed by atoms with van der Waals surface area (Å²) in [4.78, 5) is 12.9. The summed E-state index contributed by atoms with van der Waals surface area (Å²) in [6, 6.07) is 18.9. The van der Waals surface area contributed by atoms with Crippen LogP contribution < -0.4 is 4.74 Å². The van der Waals surface area contributed by atoms with Gasteiger partial charge in [-0.1, -0.05) is 121 Å². The zero-order chi connectivity index (χ0) is 29.1. The fraction of sp³-hybridized carbons (Fsp3) is 0.639. The average Bonchev–Trinajstić information content (AvgIpc) is 2.94. The average molecular weight is 553 g/mol. The Bertz CT molecular complexity index is 909. The molecule has 0 aromatic heterocycles. The lowest BCUT2D eigenvalue weighted by molar-refractivity contribution is -0.906. The van der Waals surface area contributed by atoms with E-state index in [1.165, 1.54) is 81.8 Å². The zero-order valence-electron chi connectivity index (χ0n) is 26.3. The molecule has 4 nitrogen and oxygen atoms in total. The summed E-state index contributed by atoms with van der Waals surface area (Å²) >= 11 is 0. The van der Waals surface area contributed by atoms with Gasteiger partial charge in [0.25, 0.3) is 0 Å². The highest BCUT2D eigenvalue weighted by molar-refractivity contribution is 5.72. The van der Waals surface area contributed by atoms with E-state index in [0.29, 0.717) is 0 Å². The van der Waals surface area contributed by atoms with Crippen LogP contribution in [0.5, 0.6) is 5.75 Å². The van der Waals surface area contributed by atoms with Crippen molar-refractivity contribution in [1.29, 1.82) is 0 Å². The number of carbonyl (C=O) groups is 1. The first-order chi connectivity index (χ1) is 19.3. The number of hydrogen-bond donors (Lipinski definition) is 0. The van der Waals surface area contributed by atoms with E-state index in [-0.39, 0.29) is 24.6 Å². The Morgan fingerprint density at radius 3 is 1.90 bits per heavy atom. The molecule has 224 valence electrons. The van der Waals surface area contributed by atoms with Crippen molar-refractivity contribution in [2.45, 2.75) is 117 Å². The molecule has 0 radical (unpaired) electrons. The SMILES string of the molecule is CCCCCCCCCCCCCc1ccc(OC(C)COC(=O)C(CC)C[N+](C)(C)Cc2ccccc2)cc1. The first-order valence-electron chi connectivity index (χ1n) is 16.1. The molecule has 0 fully saturated rings. The van der Waals surface area contributed by atoms with Crippen LogP contribution in [-0.2, 0) is 22.5 Å². The normalized spacial score (nSPS) is 13.1. The molecular weight excluding hydrogens is 494 g/mol. The second-order valence-corrected chi connectivity index (χ2v) is 12.4. The number of benzene rings is 2. The number of esters is 1. The third-order valence-corrected chi connectivity index (χ3v) is 7.78. The third-order valence-electron chi connectivity index (χ3n) is 7.78. The molecular formula is C36H58NO3+. The van der Waals surface area contributed by atoms with Crippen molar-refractivity contribution < 1.29 is 18.8 Å². The lowest BCUT2D eigenvalue weighted by atomic mass is 10.0. The number of nitrogens with zero attached hydrogens (tertiary/aromatic N) is 1. The van der Waals surface area contributed by atoms with E-state index in [4.69, 9.17) is 9.47 Å². The topological polar surface area (TPSA) is 35.5 Å². The van der Waals surface area contributed by atoms with Gasteiger partial charge in [0.1, 0.15) is 30.9 Å². The minimum absolute atomic E-state index is 0.124. The van der Waals surface area contributed by atoms with E-state index < -0.39 is 0 Å². The summed E-state index contributed by atoms with van der Waals surface area (Å²) in [6.07, 6.45) is 16.8. The van der Waals surface area contributed by atoms with Gasteiger partial charge < -0.3 is 14.0 Å². The Kier molecular flexibility index (Phi) is 16.7. The minimum atomic E-state index is -0.189. The predicted octanol–water partition coefficient (Wildman–Crippen LogP) is 9.15. The van der Waals surface area contributed by atoms with Crippen molar-refractivity contribution >= 4 is 5.97 Å². The van der Waals surface area contributed by atoms with Gasteiger partial charge >= 0.3 is 5.97 Å². The summed E-state index contributed by atoms with van der Waals surface area (Å²) < 4.78 is 12.5. The van der Waals surface area contributed by atoms with Crippen LogP contribution in [0.1, 0.15) is 109 Å². The molecule has 0 saturated heterocycles. The molecule has 4 heteroatoms. The van der Waals surface area contributed by atoms with E-state index in [2.05, 4.69) is 64.3 Å². The molecule has 2 unspecified atom stereocenters. The van der Waals surface area contributed by atoms with Gasteiger partial charge in [-0.3, -0.25) is 4.79 Å². The minimum Gasteiger partial charge on any atom is -0.487 e. The smallest absolute Gasteiger partial charge is 0.314 e. The first kappa shape index (κ1) is 33.9. The van der Waals surface area contributed by atoms with Gasteiger partial charge in [-0.15, -0.1) is 0 Å². The van der Waals surface area contributed by atoms with Crippen molar-refractivity contribution in [2.75, 3.05) is 27.2 Å². The van der Waals surface area contributed by atoms with Crippen molar-refractivity contribution in [1.82, 2.24) is 0 Å². The molecule has 0 aliphatic heterocycles. The van der Waals surface area contributed by atoms with Crippen molar-refractivity contribution in [2.24, 2.45) is 5.92 Å². The lowest BCUT2D eigenvalue weighted by Gasteiger charge is -2.32. The largest absolute Gasteiger partial charge is 0.487 e. The number of rotatable bonds is 22. The number of carbonyl (C=O) groups excluding carboxylic acids is 1. The number of aryl methyl sites for hydroxylation is 1. The Hall–Kier alpha value is -2.33. The highest BCUT2D eigenvalue weighted by Gasteiger charge is 2.28. The zero-order valence-corrected chi connectivity index (χ0v) is 26.3. The Labute approximate surface area is 246 Å². The molecule has 0 aliphatic rings. The monoisotopic (exact) mass is 552 g/mol. The lowest BCUT2D eigenvalue weighted by Crippen LogP contribution is -2.45. The fourth-order valence-corrected chi connectivity index (χ4v) is 5.42. The van der Waals surface area contributed by atoms with Crippen LogP contribution in [0, 0.1) is 5.92 Å². The molecule has 2 aromatic carbocycles. The molecule has 0 spiro atoms. The number of ether oxygens (including phenoxy) is 2. The quantitative estimate of drug-likeness (QED) is 0.0830. The molecule has 0 saturated carbocycles. The van der Waals surface area contributed by atoms with Crippen LogP contribution in [0.3, 0.4) is 0 Å². The summed E-state index contributed by atoms with van der Waals surface area (Å²) in [7, 11) is 4.35. The van der Waals surface area contributed by atoms with Crippen LogP contribution in [-0.4, -0.2) is 43.8 Å². The van der Waals surface area contributed by atoms with Crippen molar-refractivity contribution in [3.05, 3.63) is 65.7 Å². The summed E-state index contributed by atoms with van der Waals surface area (Å²) in [6.45, 7) is 8.21. The van der Waals surface area contributed by atoms with Crippen LogP contribution >= 0.6 is 0 Å². The van der Waals surface area contributed by atoms with Crippen LogP contribution in [0.25, 0.3) is 0 Å². The Morgan fingerprint density at radius 1 is 0.750 bits per heavy atom. The van der Waals surface area contributed by atoms with Gasteiger partial charge in [-0.25, -0.2) is 0 Å². The number of quaternary nitrogens is 1. The molecule has 0 aliphatic carbocycles. The molecule has 0 heterocycles. The predicted molar refractivity (Wildman–Crippen MR) is 169 cm³/mol. The standard InChI is InChI=1S/C36H58NO3/c1-6-8-9-10-11-12-13-14-15-16-18-21-32-24-26-35(27-25-32)40-31(3)30-39-36(38)34(7-2)29-37(4,5)28-33-22-19-17-20-23-33/h17,19-20,22-27,31,34H,6-16,18,21,28-30H2,1-5H3/q+1. The number of hydrogen-bond acceptors (Lipinski definition) is 3. The second kappa shape index (κ2) is 19.7. The maximum absolute atomic E-state index is 12.9. The Balaban J connectivity index is 1.61. The molecule has 2 rings (SSSR count). The van der Waals surface area contributed by atoms with Crippen LogP contribution in [0.2, 0.25) is 0 Å². The van der Waals surface area contributed by atoms with E-state index >= 15 is 0 Å².